The maximum atomic E-state index is 13.0. The molecule has 0 saturated heterocycles. The molecule has 2 N–H and O–H groups in total. The van der Waals surface area contributed by atoms with E-state index in [9.17, 15) is 26.4 Å². The van der Waals surface area contributed by atoms with Crippen molar-refractivity contribution in [3.63, 3.8) is 0 Å². The van der Waals surface area contributed by atoms with Crippen molar-refractivity contribution < 1.29 is 31.1 Å². The number of sulfonamides is 1. The van der Waals surface area contributed by atoms with Gasteiger partial charge in [-0.25, -0.2) is 8.42 Å². The lowest BCUT2D eigenvalue weighted by Gasteiger charge is -2.16. The van der Waals surface area contributed by atoms with Crippen molar-refractivity contribution >= 4 is 38.9 Å². The summed E-state index contributed by atoms with van der Waals surface area (Å²) in [5.74, 6) is 0.117. The maximum Gasteiger partial charge on any atom is 0.417 e. The second kappa shape index (κ2) is 9.94. The average Bonchev–Trinajstić information content (AvgIpc) is 2.76. The molecule has 0 aliphatic rings. The standard InChI is InChI=1S/C23H20ClF3N2O4S/c1-14-5-3-4-6-21(14)33-15(2)22(30)28-16-7-10-18(11-8-16)34(31,32)29-17-9-12-20(24)19(13-17)23(25,26)27/h3-13,15,29H,1-2H3,(H,28,30)/t15-/m0/s1. The fourth-order valence-corrected chi connectivity index (χ4v) is 4.19. The number of halogens is 4. The maximum absolute atomic E-state index is 13.0. The van der Waals surface area contributed by atoms with E-state index in [1.165, 1.54) is 24.3 Å². The lowest BCUT2D eigenvalue weighted by molar-refractivity contribution is -0.137. The molecule has 0 radical (unpaired) electrons. The number of rotatable bonds is 7. The number of amides is 1. The molecule has 3 aromatic carbocycles. The van der Waals surface area contributed by atoms with E-state index in [-0.39, 0.29) is 10.6 Å². The Morgan fingerprint density at radius 3 is 2.24 bits per heavy atom. The largest absolute Gasteiger partial charge is 0.481 e. The number of nitrogens with one attached hydrogen (secondary N) is 2. The lowest BCUT2D eigenvalue weighted by atomic mass is 10.2. The third-order valence-electron chi connectivity index (χ3n) is 4.72. The van der Waals surface area contributed by atoms with Crippen LogP contribution in [0.3, 0.4) is 0 Å². The number of benzene rings is 3. The highest BCUT2D eigenvalue weighted by Crippen LogP contribution is 2.36. The van der Waals surface area contributed by atoms with Gasteiger partial charge in [-0.2, -0.15) is 13.2 Å². The summed E-state index contributed by atoms with van der Waals surface area (Å²) in [5.41, 5.74) is -0.270. The van der Waals surface area contributed by atoms with Gasteiger partial charge in [0, 0.05) is 11.4 Å². The molecule has 0 bridgehead atoms. The molecule has 34 heavy (non-hydrogen) atoms. The normalized spacial score (nSPS) is 12.6. The third kappa shape index (κ3) is 6.21. The van der Waals surface area contributed by atoms with Crippen molar-refractivity contribution in [2.75, 3.05) is 10.0 Å². The van der Waals surface area contributed by atoms with Crippen LogP contribution in [0, 0.1) is 6.92 Å². The van der Waals surface area contributed by atoms with Crippen molar-refractivity contribution in [3.05, 3.63) is 82.9 Å². The van der Waals surface area contributed by atoms with Gasteiger partial charge in [0.15, 0.2) is 6.10 Å². The molecule has 6 nitrogen and oxygen atoms in total. The van der Waals surface area contributed by atoms with Crippen molar-refractivity contribution in [2.45, 2.75) is 31.0 Å². The molecule has 1 atom stereocenters. The van der Waals surface area contributed by atoms with Crippen LogP contribution in [-0.4, -0.2) is 20.4 Å². The van der Waals surface area contributed by atoms with E-state index in [1.54, 1.807) is 19.1 Å². The molecular weight excluding hydrogens is 493 g/mol. The number of anilines is 2. The van der Waals surface area contributed by atoms with Crippen LogP contribution >= 0.6 is 11.6 Å². The van der Waals surface area contributed by atoms with Gasteiger partial charge in [-0.1, -0.05) is 29.8 Å². The van der Waals surface area contributed by atoms with Crippen molar-refractivity contribution in [3.8, 4) is 5.75 Å². The van der Waals surface area contributed by atoms with E-state index in [4.69, 9.17) is 16.3 Å². The summed E-state index contributed by atoms with van der Waals surface area (Å²) in [4.78, 5) is 12.2. The Bertz CT molecular complexity index is 1300. The highest BCUT2D eigenvalue weighted by Gasteiger charge is 2.33. The summed E-state index contributed by atoms with van der Waals surface area (Å²) in [6.07, 6.45) is -5.56. The molecule has 180 valence electrons. The first-order chi connectivity index (χ1) is 15.9. The molecule has 1 amide bonds. The van der Waals surface area contributed by atoms with E-state index in [2.05, 4.69) is 10.0 Å². The number of aryl methyl sites for hydroxylation is 1. The van der Waals surface area contributed by atoms with Gasteiger partial charge in [0.2, 0.25) is 0 Å². The van der Waals surface area contributed by atoms with Crippen LogP contribution in [0.2, 0.25) is 5.02 Å². The predicted octanol–water partition coefficient (Wildman–Crippen LogP) is 5.87. The van der Waals surface area contributed by atoms with E-state index >= 15 is 0 Å². The van der Waals surface area contributed by atoms with Gasteiger partial charge < -0.3 is 10.1 Å². The third-order valence-corrected chi connectivity index (χ3v) is 6.45. The Morgan fingerprint density at radius 2 is 1.62 bits per heavy atom. The summed E-state index contributed by atoms with van der Waals surface area (Å²) in [6.45, 7) is 3.42. The second-order valence-electron chi connectivity index (χ2n) is 7.34. The smallest absolute Gasteiger partial charge is 0.417 e. The SMILES string of the molecule is Cc1ccccc1O[C@@H](C)C(=O)Nc1ccc(S(=O)(=O)Nc2ccc(Cl)c(C(F)(F)F)c2)cc1. The monoisotopic (exact) mass is 512 g/mol. The van der Waals surface area contributed by atoms with Crippen LogP contribution in [0.15, 0.2) is 71.6 Å². The van der Waals surface area contributed by atoms with Gasteiger partial charge in [0.05, 0.1) is 15.5 Å². The molecule has 0 aromatic heterocycles. The van der Waals surface area contributed by atoms with E-state index < -0.39 is 38.8 Å². The first kappa shape index (κ1) is 25.4. The van der Waals surface area contributed by atoms with Crippen LogP contribution in [-0.2, 0) is 21.0 Å². The number of carbonyl (C=O) groups is 1. The highest BCUT2D eigenvalue weighted by molar-refractivity contribution is 7.92. The van der Waals surface area contributed by atoms with Gasteiger partial charge in [0.1, 0.15) is 5.75 Å². The Labute approximate surface area is 199 Å². The van der Waals surface area contributed by atoms with Crippen LogP contribution in [0.1, 0.15) is 18.1 Å². The number of para-hydroxylation sites is 1. The van der Waals surface area contributed by atoms with Crippen molar-refractivity contribution in [1.29, 1.82) is 0 Å². The quantitative estimate of drug-likeness (QED) is 0.414. The Hall–Kier alpha value is -3.24. The zero-order valence-corrected chi connectivity index (χ0v) is 19.6. The molecule has 11 heteroatoms. The van der Waals surface area contributed by atoms with Crippen LogP contribution < -0.4 is 14.8 Å². The second-order valence-corrected chi connectivity index (χ2v) is 9.43. The van der Waals surface area contributed by atoms with E-state index in [0.29, 0.717) is 17.5 Å². The fraction of sp³-hybridized carbons (Fsp3) is 0.174. The number of hydrogen-bond donors (Lipinski definition) is 2. The number of alkyl halides is 3. The van der Waals surface area contributed by atoms with Crippen LogP contribution in [0.5, 0.6) is 5.75 Å². The summed E-state index contributed by atoms with van der Waals surface area (Å²) in [6, 6.07) is 15.1. The summed E-state index contributed by atoms with van der Waals surface area (Å²) >= 11 is 5.56. The predicted molar refractivity (Wildman–Crippen MR) is 124 cm³/mol. The molecule has 0 unspecified atom stereocenters. The van der Waals surface area contributed by atoms with Gasteiger partial charge in [-0.05, 0) is 67.9 Å². The van der Waals surface area contributed by atoms with Crippen LogP contribution in [0.25, 0.3) is 0 Å². The van der Waals surface area contributed by atoms with Crippen molar-refractivity contribution in [1.82, 2.24) is 0 Å². The molecule has 0 aliphatic heterocycles. The molecule has 0 fully saturated rings. The van der Waals surface area contributed by atoms with E-state index in [1.807, 2.05) is 19.1 Å². The summed E-state index contributed by atoms with van der Waals surface area (Å²) in [7, 11) is -4.19. The van der Waals surface area contributed by atoms with E-state index in [0.717, 1.165) is 17.7 Å². The zero-order valence-electron chi connectivity index (χ0n) is 18.0. The molecule has 3 aromatic rings. The Kier molecular flexibility index (Phi) is 7.42. The topological polar surface area (TPSA) is 84.5 Å². The molecule has 0 heterocycles. The lowest BCUT2D eigenvalue weighted by Crippen LogP contribution is -2.30. The minimum Gasteiger partial charge on any atom is -0.481 e. The number of hydrogen-bond acceptors (Lipinski definition) is 4. The zero-order chi connectivity index (χ0) is 25.1. The minimum atomic E-state index is -4.74. The van der Waals surface area contributed by atoms with Gasteiger partial charge in [-0.15, -0.1) is 0 Å². The fourth-order valence-electron chi connectivity index (χ4n) is 2.91. The minimum absolute atomic E-state index is 0.210. The molecule has 3 rings (SSSR count). The summed E-state index contributed by atoms with van der Waals surface area (Å²) < 4.78 is 72.0. The van der Waals surface area contributed by atoms with Crippen molar-refractivity contribution in [2.24, 2.45) is 0 Å². The molecule has 0 spiro atoms. The highest BCUT2D eigenvalue weighted by atomic mass is 35.5. The average molecular weight is 513 g/mol. The number of ether oxygens (including phenoxy) is 1. The first-order valence-corrected chi connectivity index (χ1v) is 11.8. The number of carbonyl (C=O) groups excluding carboxylic acids is 1. The van der Waals surface area contributed by atoms with Gasteiger partial charge in [-0.3, -0.25) is 9.52 Å². The van der Waals surface area contributed by atoms with Crippen LogP contribution in [0.4, 0.5) is 24.5 Å². The Morgan fingerprint density at radius 1 is 1.00 bits per heavy atom. The molecular formula is C23H20ClF3N2O4S. The van der Waals surface area contributed by atoms with Gasteiger partial charge >= 0.3 is 6.18 Å². The summed E-state index contributed by atoms with van der Waals surface area (Å²) in [5, 5.41) is 2.08. The molecule has 0 aliphatic carbocycles. The first-order valence-electron chi connectivity index (χ1n) is 9.89. The molecule has 0 saturated carbocycles. The van der Waals surface area contributed by atoms with Gasteiger partial charge in [0.25, 0.3) is 15.9 Å². The Balaban J connectivity index is 1.69.